The number of hydrogen-bond donors (Lipinski definition) is 0. The molecular formula is C12H20N3+. The second-order valence-corrected chi connectivity index (χ2v) is 3.99. The Morgan fingerprint density at radius 1 is 1.27 bits per heavy atom. The number of benzene rings is 1. The first kappa shape index (κ1) is 11.7. The van der Waals surface area contributed by atoms with Gasteiger partial charge in [-0.25, -0.2) is 0 Å². The quantitative estimate of drug-likeness (QED) is 0.319. The van der Waals surface area contributed by atoms with Gasteiger partial charge in [-0.15, -0.1) is 0 Å². The fourth-order valence-electron chi connectivity index (χ4n) is 1.30. The molecule has 0 spiro atoms. The first-order valence-electron chi connectivity index (χ1n) is 5.22. The molecule has 1 aromatic carbocycles. The van der Waals surface area contributed by atoms with Crippen molar-refractivity contribution in [2.24, 2.45) is 5.10 Å². The largest absolute Gasteiger partial charge is 0.364 e. The fraction of sp³-hybridized carbons (Fsp3) is 0.417. The Morgan fingerprint density at radius 3 is 2.33 bits per heavy atom. The predicted molar refractivity (Wildman–Crippen MR) is 66.9 cm³/mol. The maximum Gasteiger partial charge on any atom is 0.159 e. The van der Waals surface area contributed by atoms with Gasteiger partial charge in [0.05, 0.1) is 7.05 Å². The van der Waals surface area contributed by atoms with Crippen LogP contribution in [0.4, 0.5) is 5.69 Å². The van der Waals surface area contributed by atoms with E-state index in [1.54, 1.807) is 0 Å². The lowest BCUT2D eigenvalue weighted by Gasteiger charge is -2.25. The van der Waals surface area contributed by atoms with Crippen LogP contribution >= 0.6 is 0 Å². The van der Waals surface area contributed by atoms with Crippen LogP contribution in [0, 0.1) is 0 Å². The maximum absolute atomic E-state index is 4.58. The van der Waals surface area contributed by atoms with E-state index in [0.717, 1.165) is 6.54 Å². The first-order chi connectivity index (χ1) is 7.08. The van der Waals surface area contributed by atoms with Crippen molar-refractivity contribution < 1.29 is 0 Å². The van der Waals surface area contributed by atoms with Gasteiger partial charge in [0.1, 0.15) is 12.9 Å². The average molecular weight is 206 g/mol. The third-order valence-electron chi connectivity index (χ3n) is 2.47. The molecule has 0 saturated heterocycles. The van der Waals surface area contributed by atoms with Crippen LogP contribution in [0.5, 0.6) is 0 Å². The number of para-hydroxylation sites is 1. The van der Waals surface area contributed by atoms with Gasteiger partial charge in [-0.2, -0.15) is 4.59 Å². The van der Waals surface area contributed by atoms with Crippen LogP contribution in [0.3, 0.4) is 0 Å². The van der Waals surface area contributed by atoms with Crippen LogP contribution in [-0.4, -0.2) is 38.9 Å². The fourth-order valence-corrected chi connectivity index (χ4v) is 1.30. The Balaban J connectivity index is 2.95. The molecule has 0 bridgehead atoms. The van der Waals surface area contributed by atoms with E-state index in [-0.39, 0.29) is 0 Å². The van der Waals surface area contributed by atoms with Crippen LogP contribution in [-0.2, 0) is 0 Å². The third-order valence-corrected chi connectivity index (χ3v) is 2.47. The van der Waals surface area contributed by atoms with Gasteiger partial charge in [-0.3, -0.25) is 0 Å². The van der Waals surface area contributed by atoms with Crippen molar-refractivity contribution >= 4 is 12.0 Å². The van der Waals surface area contributed by atoms with Crippen molar-refractivity contribution in [2.45, 2.75) is 6.92 Å². The molecule has 0 aromatic heterocycles. The second kappa shape index (κ2) is 4.94. The van der Waals surface area contributed by atoms with Crippen molar-refractivity contribution in [3.63, 3.8) is 0 Å². The molecule has 0 N–H and O–H groups in total. The van der Waals surface area contributed by atoms with Gasteiger partial charge in [-0.05, 0) is 6.92 Å². The summed E-state index contributed by atoms with van der Waals surface area (Å²) in [5.74, 6) is 0. The zero-order chi connectivity index (χ0) is 11.3. The first-order valence-corrected chi connectivity index (χ1v) is 5.22. The molecule has 1 aromatic rings. The smallest absolute Gasteiger partial charge is 0.159 e. The van der Waals surface area contributed by atoms with E-state index in [1.165, 1.54) is 5.69 Å². The van der Waals surface area contributed by atoms with Crippen LogP contribution in [0.15, 0.2) is 35.4 Å². The molecule has 0 radical (unpaired) electrons. The lowest BCUT2D eigenvalue weighted by molar-refractivity contribution is 0.362. The Kier molecular flexibility index (Phi) is 3.86. The molecule has 0 aliphatic carbocycles. The van der Waals surface area contributed by atoms with E-state index in [9.17, 15) is 0 Å². The SMILES string of the molecule is CC[N+](C)(/N=C/N(C)C)c1ccccc1. The summed E-state index contributed by atoms with van der Waals surface area (Å²) in [6.45, 7) is 3.08. The summed E-state index contributed by atoms with van der Waals surface area (Å²) in [5.41, 5.74) is 1.21. The number of quaternary nitrogens is 1. The van der Waals surface area contributed by atoms with Gasteiger partial charge in [0.25, 0.3) is 0 Å². The summed E-state index contributed by atoms with van der Waals surface area (Å²) in [4.78, 5) is 1.95. The molecule has 0 aliphatic rings. The van der Waals surface area contributed by atoms with Gasteiger partial charge in [0.2, 0.25) is 0 Å². The van der Waals surface area contributed by atoms with Crippen molar-refractivity contribution in [2.75, 3.05) is 27.7 Å². The minimum Gasteiger partial charge on any atom is -0.364 e. The van der Waals surface area contributed by atoms with Crippen molar-refractivity contribution in [1.82, 2.24) is 9.49 Å². The number of nitrogens with zero attached hydrogens (tertiary/aromatic N) is 3. The molecule has 1 atom stereocenters. The predicted octanol–water partition coefficient (Wildman–Crippen LogP) is 2.15. The minimum absolute atomic E-state index is 0.582. The summed E-state index contributed by atoms with van der Waals surface area (Å²) >= 11 is 0. The molecule has 0 saturated carbocycles. The van der Waals surface area contributed by atoms with Gasteiger partial charge in [0.15, 0.2) is 5.69 Å². The topological polar surface area (TPSA) is 15.6 Å². The molecule has 82 valence electrons. The molecular weight excluding hydrogens is 186 g/mol. The zero-order valence-corrected chi connectivity index (χ0v) is 10.0. The van der Waals surface area contributed by atoms with Crippen molar-refractivity contribution in [3.05, 3.63) is 30.3 Å². The lowest BCUT2D eigenvalue weighted by atomic mass is 10.3. The van der Waals surface area contributed by atoms with E-state index < -0.39 is 0 Å². The third kappa shape index (κ3) is 3.06. The molecule has 0 heterocycles. The molecule has 0 fully saturated rings. The second-order valence-electron chi connectivity index (χ2n) is 3.99. The molecule has 1 unspecified atom stereocenters. The number of hydrogen-bond acceptors (Lipinski definition) is 1. The van der Waals surface area contributed by atoms with Crippen molar-refractivity contribution in [3.8, 4) is 0 Å². The Morgan fingerprint density at radius 2 is 1.87 bits per heavy atom. The normalized spacial score (nSPS) is 15.2. The van der Waals surface area contributed by atoms with E-state index in [4.69, 9.17) is 0 Å². The Bertz CT molecular complexity index is 319. The van der Waals surface area contributed by atoms with Crippen LogP contribution in [0.25, 0.3) is 0 Å². The maximum atomic E-state index is 4.58. The molecule has 15 heavy (non-hydrogen) atoms. The van der Waals surface area contributed by atoms with Crippen LogP contribution in [0.1, 0.15) is 6.92 Å². The van der Waals surface area contributed by atoms with Gasteiger partial charge in [0, 0.05) is 26.2 Å². The van der Waals surface area contributed by atoms with Crippen molar-refractivity contribution in [1.29, 1.82) is 0 Å². The van der Waals surface area contributed by atoms with Gasteiger partial charge < -0.3 is 4.90 Å². The highest BCUT2D eigenvalue weighted by atomic mass is 15.6. The molecule has 3 nitrogen and oxygen atoms in total. The summed E-state index contributed by atoms with van der Waals surface area (Å²) in [5, 5.41) is 4.58. The molecule has 3 heteroatoms. The molecule has 1 rings (SSSR count). The highest BCUT2D eigenvalue weighted by Gasteiger charge is 2.21. The highest BCUT2D eigenvalue weighted by molar-refractivity contribution is 5.56. The van der Waals surface area contributed by atoms with E-state index in [2.05, 4.69) is 31.2 Å². The standard InChI is InChI=1S/C12H20N3/c1-5-15(4,13-11-14(2)3)12-9-7-6-8-10-12/h6-11H,5H2,1-4H3/q+1/b13-11+. The highest BCUT2D eigenvalue weighted by Crippen LogP contribution is 2.20. The van der Waals surface area contributed by atoms with Crippen LogP contribution in [0.2, 0.25) is 0 Å². The van der Waals surface area contributed by atoms with Crippen LogP contribution < -0.4 is 4.59 Å². The average Bonchev–Trinajstić information content (AvgIpc) is 2.27. The summed E-state index contributed by atoms with van der Waals surface area (Å²) in [7, 11) is 6.07. The summed E-state index contributed by atoms with van der Waals surface area (Å²) in [6, 6.07) is 10.3. The minimum atomic E-state index is 0.582. The number of rotatable bonds is 4. The molecule has 0 amide bonds. The van der Waals surface area contributed by atoms with E-state index in [1.807, 2.05) is 43.5 Å². The lowest BCUT2D eigenvalue weighted by Crippen LogP contribution is -2.39. The van der Waals surface area contributed by atoms with E-state index >= 15 is 0 Å². The van der Waals surface area contributed by atoms with Gasteiger partial charge in [-0.1, -0.05) is 23.3 Å². The van der Waals surface area contributed by atoms with Gasteiger partial charge >= 0.3 is 0 Å². The monoisotopic (exact) mass is 206 g/mol. The summed E-state index contributed by atoms with van der Waals surface area (Å²) in [6.07, 6.45) is 1.86. The Hall–Kier alpha value is -1.35. The Labute approximate surface area is 92.2 Å². The van der Waals surface area contributed by atoms with E-state index in [0.29, 0.717) is 4.59 Å². The molecule has 0 aliphatic heterocycles. The summed E-state index contributed by atoms with van der Waals surface area (Å²) < 4.78 is 0.582. The zero-order valence-electron chi connectivity index (χ0n) is 10.0.